The highest BCUT2D eigenvalue weighted by molar-refractivity contribution is 5.30. The maximum atomic E-state index is 3.90. The standard InChI is InChI=1S/C10H14/c1-3-9-6-5-7-10(9,4-2)8-9/h3-4H,1-2,5-8H2. The molecule has 0 N–H and O–H groups in total. The van der Waals surface area contributed by atoms with Gasteiger partial charge in [0.25, 0.3) is 0 Å². The molecule has 0 aliphatic heterocycles. The van der Waals surface area contributed by atoms with Crippen LogP contribution < -0.4 is 0 Å². The van der Waals surface area contributed by atoms with Crippen LogP contribution in [0.2, 0.25) is 0 Å². The quantitative estimate of drug-likeness (QED) is 0.509. The van der Waals surface area contributed by atoms with Crippen LogP contribution in [0.25, 0.3) is 0 Å². The molecule has 0 aromatic carbocycles. The van der Waals surface area contributed by atoms with E-state index in [1.807, 2.05) is 0 Å². The summed E-state index contributed by atoms with van der Waals surface area (Å²) in [7, 11) is 0. The Kier molecular flexibility index (Phi) is 0.964. The van der Waals surface area contributed by atoms with Crippen LogP contribution in [0.1, 0.15) is 25.7 Å². The lowest BCUT2D eigenvalue weighted by Crippen LogP contribution is -1.99. The predicted molar refractivity (Wildman–Crippen MR) is 43.7 cm³/mol. The van der Waals surface area contributed by atoms with Crippen molar-refractivity contribution in [2.24, 2.45) is 10.8 Å². The minimum atomic E-state index is 0.495. The summed E-state index contributed by atoms with van der Waals surface area (Å²) in [6.07, 6.45) is 9.71. The fourth-order valence-electron chi connectivity index (χ4n) is 2.67. The molecule has 2 unspecified atom stereocenters. The molecule has 0 aromatic rings. The van der Waals surface area contributed by atoms with E-state index in [0.717, 1.165) is 0 Å². The summed E-state index contributed by atoms with van der Waals surface area (Å²) in [5.74, 6) is 0. The molecule has 0 radical (unpaired) electrons. The number of allylic oxidation sites excluding steroid dienone is 2. The highest BCUT2D eigenvalue weighted by Gasteiger charge is 2.65. The van der Waals surface area contributed by atoms with Crippen molar-refractivity contribution in [2.75, 3.05) is 0 Å². The zero-order valence-electron chi connectivity index (χ0n) is 6.40. The second kappa shape index (κ2) is 1.55. The van der Waals surface area contributed by atoms with E-state index in [2.05, 4.69) is 25.3 Å². The highest BCUT2D eigenvalue weighted by Crippen LogP contribution is 2.74. The van der Waals surface area contributed by atoms with Crippen molar-refractivity contribution in [1.29, 1.82) is 0 Å². The summed E-state index contributed by atoms with van der Waals surface area (Å²) in [6.45, 7) is 7.80. The number of hydrogen-bond acceptors (Lipinski definition) is 0. The van der Waals surface area contributed by atoms with E-state index in [0.29, 0.717) is 10.8 Å². The number of rotatable bonds is 2. The van der Waals surface area contributed by atoms with Crippen LogP contribution in [0.3, 0.4) is 0 Å². The van der Waals surface area contributed by atoms with Gasteiger partial charge in [0.1, 0.15) is 0 Å². The summed E-state index contributed by atoms with van der Waals surface area (Å²) in [6, 6.07) is 0. The Morgan fingerprint density at radius 1 is 1.00 bits per heavy atom. The molecule has 0 nitrogen and oxygen atoms in total. The maximum Gasteiger partial charge on any atom is -0.00212 e. The molecule has 2 aliphatic rings. The molecule has 0 amide bonds. The molecular weight excluding hydrogens is 120 g/mol. The monoisotopic (exact) mass is 134 g/mol. The van der Waals surface area contributed by atoms with E-state index in [1.54, 1.807) is 0 Å². The fourth-order valence-corrected chi connectivity index (χ4v) is 2.67. The Balaban J connectivity index is 2.31. The normalized spacial score (nSPS) is 50.0. The van der Waals surface area contributed by atoms with Crippen molar-refractivity contribution in [3.63, 3.8) is 0 Å². The third-order valence-electron chi connectivity index (χ3n) is 3.52. The van der Waals surface area contributed by atoms with Gasteiger partial charge in [0, 0.05) is 0 Å². The molecule has 2 saturated carbocycles. The summed E-state index contributed by atoms with van der Waals surface area (Å²) in [4.78, 5) is 0. The van der Waals surface area contributed by atoms with Gasteiger partial charge in [-0.3, -0.25) is 0 Å². The topological polar surface area (TPSA) is 0 Å². The van der Waals surface area contributed by atoms with Crippen LogP contribution in [0, 0.1) is 10.8 Å². The minimum absolute atomic E-state index is 0.495. The van der Waals surface area contributed by atoms with Crippen LogP contribution >= 0.6 is 0 Å². The average molecular weight is 134 g/mol. The highest BCUT2D eigenvalue weighted by atomic mass is 14.7. The lowest BCUT2D eigenvalue weighted by molar-refractivity contribution is 0.560. The molecule has 0 spiro atoms. The second-order valence-corrected chi connectivity index (χ2v) is 3.75. The molecule has 2 aliphatic carbocycles. The van der Waals surface area contributed by atoms with Gasteiger partial charge in [-0.2, -0.15) is 0 Å². The fraction of sp³-hybridized carbons (Fsp3) is 0.600. The van der Waals surface area contributed by atoms with E-state index in [1.165, 1.54) is 25.7 Å². The minimum Gasteiger partial charge on any atom is -0.102 e. The van der Waals surface area contributed by atoms with Gasteiger partial charge in [0.15, 0.2) is 0 Å². The first kappa shape index (κ1) is 6.21. The molecule has 10 heavy (non-hydrogen) atoms. The Morgan fingerprint density at radius 2 is 1.50 bits per heavy atom. The van der Waals surface area contributed by atoms with Crippen molar-refractivity contribution in [2.45, 2.75) is 25.7 Å². The molecule has 2 rings (SSSR count). The first-order chi connectivity index (χ1) is 4.79. The third kappa shape index (κ3) is 0.448. The van der Waals surface area contributed by atoms with Crippen molar-refractivity contribution < 1.29 is 0 Å². The van der Waals surface area contributed by atoms with Gasteiger partial charge in [0.05, 0.1) is 0 Å². The summed E-state index contributed by atoms with van der Waals surface area (Å²) in [5, 5.41) is 0. The predicted octanol–water partition coefficient (Wildman–Crippen LogP) is 2.92. The molecule has 0 aromatic heterocycles. The number of hydrogen-bond donors (Lipinski definition) is 0. The van der Waals surface area contributed by atoms with E-state index < -0.39 is 0 Å². The van der Waals surface area contributed by atoms with E-state index >= 15 is 0 Å². The van der Waals surface area contributed by atoms with Crippen molar-refractivity contribution >= 4 is 0 Å². The van der Waals surface area contributed by atoms with Crippen LogP contribution in [0.4, 0.5) is 0 Å². The Labute approximate surface area is 62.6 Å². The Morgan fingerprint density at radius 3 is 1.80 bits per heavy atom. The van der Waals surface area contributed by atoms with Crippen LogP contribution in [0.15, 0.2) is 25.3 Å². The maximum absolute atomic E-state index is 3.90. The van der Waals surface area contributed by atoms with Crippen LogP contribution in [0.5, 0.6) is 0 Å². The second-order valence-electron chi connectivity index (χ2n) is 3.75. The number of fused-ring (bicyclic) bond motifs is 1. The molecule has 2 atom stereocenters. The average Bonchev–Trinajstić information content (AvgIpc) is 2.51. The first-order valence-corrected chi connectivity index (χ1v) is 4.06. The first-order valence-electron chi connectivity index (χ1n) is 4.06. The van der Waals surface area contributed by atoms with Crippen molar-refractivity contribution in [3.8, 4) is 0 Å². The van der Waals surface area contributed by atoms with Gasteiger partial charge < -0.3 is 0 Å². The van der Waals surface area contributed by atoms with Crippen molar-refractivity contribution in [1.82, 2.24) is 0 Å². The lowest BCUT2D eigenvalue weighted by Gasteiger charge is -2.07. The Hall–Kier alpha value is -0.520. The molecule has 2 fully saturated rings. The SMILES string of the molecule is C=CC12CCCC1(C=C)C2. The van der Waals surface area contributed by atoms with Gasteiger partial charge >= 0.3 is 0 Å². The Bertz CT molecular complexity index is 172. The van der Waals surface area contributed by atoms with E-state index in [9.17, 15) is 0 Å². The smallest absolute Gasteiger partial charge is 0.00212 e. The van der Waals surface area contributed by atoms with E-state index in [4.69, 9.17) is 0 Å². The lowest BCUT2D eigenvalue weighted by atomic mass is 9.97. The largest absolute Gasteiger partial charge is 0.102 e. The molecule has 0 heterocycles. The molecular formula is C10H14. The van der Waals surface area contributed by atoms with Gasteiger partial charge in [-0.05, 0) is 30.1 Å². The van der Waals surface area contributed by atoms with Gasteiger partial charge in [0.2, 0.25) is 0 Å². The molecule has 0 bridgehead atoms. The molecule has 0 saturated heterocycles. The molecule has 0 heteroatoms. The third-order valence-corrected chi connectivity index (χ3v) is 3.52. The summed E-state index contributed by atoms with van der Waals surface area (Å²) >= 11 is 0. The van der Waals surface area contributed by atoms with E-state index in [-0.39, 0.29) is 0 Å². The van der Waals surface area contributed by atoms with Crippen LogP contribution in [-0.4, -0.2) is 0 Å². The van der Waals surface area contributed by atoms with Crippen molar-refractivity contribution in [3.05, 3.63) is 25.3 Å². The zero-order chi connectivity index (χ0) is 7.24. The van der Waals surface area contributed by atoms with Gasteiger partial charge in [-0.15, -0.1) is 13.2 Å². The summed E-state index contributed by atoms with van der Waals surface area (Å²) in [5.41, 5.74) is 0.990. The van der Waals surface area contributed by atoms with Crippen LogP contribution in [-0.2, 0) is 0 Å². The van der Waals surface area contributed by atoms with Gasteiger partial charge in [-0.25, -0.2) is 0 Å². The zero-order valence-corrected chi connectivity index (χ0v) is 6.40. The summed E-state index contributed by atoms with van der Waals surface area (Å²) < 4.78 is 0. The molecule has 54 valence electrons. The van der Waals surface area contributed by atoms with Gasteiger partial charge in [-0.1, -0.05) is 18.6 Å².